The van der Waals surface area contributed by atoms with Crippen molar-refractivity contribution in [1.29, 1.82) is 0 Å². The molecule has 2 rings (SSSR count). The summed E-state index contributed by atoms with van der Waals surface area (Å²) in [6.07, 6.45) is -2.05. The van der Waals surface area contributed by atoms with Crippen LogP contribution in [0.15, 0.2) is 18.2 Å². The second-order valence-corrected chi connectivity index (χ2v) is 4.23. The van der Waals surface area contributed by atoms with Crippen LogP contribution >= 0.6 is 0 Å². The lowest BCUT2D eigenvalue weighted by molar-refractivity contribution is -0.137. The van der Waals surface area contributed by atoms with E-state index in [2.05, 4.69) is 0 Å². The number of benzene rings is 1. The molecule has 0 aliphatic heterocycles. The Bertz CT molecular complexity index is 380. The number of alkyl halides is 3. The molecule has 1 fully saturated rings. The van der Waals surface area contributed by atoms with Gasteiger partial charge in [-0.15, -0.1) is 0 Å². The van der Waals surface area contributed by atoms with Crippen LogP contribution in [0, 0.1) is 12.8 Å². The molecule has 0 unspecified atom stereocenters. The Labute approximate surface area is 92.2 Å². The summed E-state index contributed by atoms with van der Waals surface area (Å²) in [5.41, 5.74) is 0.0950. The molecule has 1 nitrogen and oxygen atoms in total. The molecule has 1 aromatic carbocycles. The maximum absolute atomic E-state index is 12.5. The van der Waals surface area contributed by atoms with Crippen molar-refractivity contribution < 1.29 is 17.9 Å². The normalized spacial score (nSPS) is 16.2. The highest BCUT2D eigenvalue weighted by Gasteiger charge is 2.31. The van der Waals surface area contributed by atoms with Crippen LogP contribution in [0.5, 0.6) is 5.75 Å². The minimum Gasteiger partial charge on any atom is -0.493 e. The van der Waals surface area contributed by atoms with Gasteiger partial charge in [0, 0.05) is 0 Å². The van der Waals surface area contributed by atoms with Crippen molar-refractivity contribution >= 4 is 0 Å². The first kappa shape index (κ1) is 11.3. The van der Waals surface area contributed by atoms with Crippen molar-refractivity contribution in [3.63, 3.8) is 0 Å². The van der Waals surface area contributed by atoms with E-state index in [-0.39, 0.29) is 0 Å². The van der Waals surface area contributed by atoms with Crippen LogP contribution in [0.1, 0.15) is 24.0 Å². The highest BCUT2D eigenvalue weighted by molar-refractivity contribution is 5.37. The average molecular weight is 230 g/mol. The molecular formula is C12H13F3O. The lowest BCUT2D eigenvalue weighted by Gasteiger charge is -2.12. The van der Waals surface area contributed by atoms with E-state index in [1.165, 1.54) is 6.07 Å². The summed E-state index contributed by atoms with van der Waals surface area (Å²) in [5, 5.41) is 0. The predicted molar refractivity (Wildman–Crippen MR) is 54.4 cm³/mol. The molecule has 88 valence electrons. The smallest absolute Gasteiger partial charge is 0.416 e. The van der Waals surface area contributed by atoms with E-state index >= 15 is 0 Å². The summed E-state index contributed by atoms with van der Waals surface area (Å²) in [7, 11) is 0. The van der Waals surface area contributed by atoms with Crippen LogP contribution in [0.2, 0.25) is 0 Å². The van der Waals surface area contributed by atoms with Crippen molar-refractivity contribution in [3.05, 3.63) is 29.3 Å². The van der Waals surface area contributed by atoms with Gasteiger partial charge in [0.2, 0.25) is 0 Å². The van der Waals surface area contributed by atoms with E-state index in [0.29, 0.717) is 18.3 Å². The van der Waals surface area contributed by atoms with Gasteiger partial charge in [-0.3, -0.25) is 0 Å². The van der Waals surface area contributed by atoms with Gasteiger partial charge in [-0.2, -0.15) is 13.2 Å². The van der Waals surface area contributed by atoms with Gasteiger partial charge < -0.3 is 4.74 Å². The molecule has 4 heteroatoms. The molecule has 0 spiro atoms. The third kappa shape index (κ3) is 2.68. The van der Waals surface area contributed by atoms with Gasteiger partial charge in [0.1, 0.15) is 5.75 Å². The third-order valence-electron chi connectivity index (χ3n) is 2.69. The fraction of sp³-hybridized carbons (Fsp3) is 0.500. The lowest BCUT2D eigenvalue weighted by Crippen LogP contribution is -2.07. The Morgan fingerprint density at radius 3 is 2.56 bits per heavy atom. The predicted octanol–water partition coefficient (Wildman–Crippen LogP) is 3.80. The molecule has 0 N–H and O–H groups in total. The Morgan fingerprint density at radius 1 is 1.31 bits per heavy atom. The van der Waals surface area contributed by atoms with E-state index < -0.39 is 11.7 Å². The van der Waals surface area contributed by atoms with Gasteiger partial charge in [0.25, 0.3) is 0 Å². The van der Waals surface area contributed by atoms with Crippen LogP contribution in [-0.4, -0.2) is 6.61 Å². The highest BCUT2D eigenvalue weighted by atomic mass is 19.4. The monoisotopic (exact) mass is 230 g/mol. The molecule has 16 heavy (non-hydrogen) atoms. The largest absolute Gasteiger partial charge is 0.493 e. The standard InChI is InChI=1S/C12H13F3O/c1-8-2-5-10(12(13,14)15)6-11(8)16-7-9-3-4-9/h2,5-6,9H,3-4,7H2,1H3. The first-order chi connectivity index (χ1) is 7.47. The molecule has 1 aromatic rings. The topological polar surface area (TPSA) is 9.23 Å². The van der Waals surface area contributed by atoms with Gasteiger partial charge in [-0.05, 0) is 43.4 Å². The van der Waals surface area contributed by atoms with Crippen molar-refractivity contribution in [2.75, 3.05) is 6.61 Å². The fourth-order valence-corrected chi connectivity index (χ4v) is 1.42. The number of halogens is 3. The summed E-state index contributed by atoms with van der Waals surface area (Å²) in [6, 6.07) is 3.61. The summed E-state index contributed by atoms with van der Waals surface area (Å²) >= 11 is 0. The fourth-order valence-electron chi connectivity index (χ4n) is 1.42. The zero-order valence-electron chi connectivity index (χ0n) is 8.97. The SMILES string of the molecule is Cc1ccc(C(F)(F)F)cc1OCC1CC1. The van der Waals surface area contributed by atoms with Gasteiger partial charge in [0.15, 0.2) is 0 Å². The second-order valence-electron chi connectivity index (χ2n) is 4.23. The van der Waals surface area contributed by atoms with Crippen LogP contribution in [0.25, 0.3) is 0 Å². The number of hydrogen-bond donors (Lipinski definition) is 0. The summed E-state index contributed by atoms with van der Waals surface area (Å²) < 4.78 is 42.8. The Balaban J connectivity index is 2.14. The Kier molecular flexibility index (Phi) is 2.82. The molecular weight excluding hydrogens is 217 g/mol. The second kappa shape index (κ2) is 4.00. The number of ether oxygens (including phenoxy) is 1. The lowest BCUT2D eigenvalue weighted by atomic mass is 10.1. The van der Waals surface area contributed by atoms with Crippen molar-refractivity contribution in [1.82, 2.24) is 0 Å². The maximum Gasteiger partial charge on any atom is 0.416 e. The maximum atomic E-state index is 12.5. The van der Waals surface area contributed by atoms with Crippen LogP contribution in [0.3, 0.4) is 0 Å². The summed E-state index contributed by atoms with van der Waals surface area (Å²) in [5.74, 6) is 0.885. The van der Waals surface area contributed by atoms with Crippen LogP contribution in [0.4, 0.5) is 13.2 Å². The molecule has 0 aromatic heterocycles. The average Bonchev–Trinajstić information content (AvgIpc) is 2.98. The van der Waals surface area contributed by atoms with E-state index in [0.717, 1.165) is 30.5 Å². The molecule has 0 radical (unpaired) electrons. The zero-order valence-corrected chi connectivity index (χ0v) is 8.97. The molecule has 0 atom stereocenters. The molecule has 1 aliphatic carbocycles. The van der Waals surface area contributed by atoms with Crippen LogP contribution in [-0.2, 0) is 6.18 Å². The molecule has 0 amide bonds. The minimum absolute atomic E-state index is 0.349. The molecule has 0 heterocycles. The van der Waals surface area contributed by atoms with Crippen molar-refractivity contribution in [3.8, 4) is 5.75 Å². The van der Waals surface area contributed by atoms with Gasteiger partial charge in [0.05, 0.1) is 12.2 Å². The Hall–Kier alpha value is -1.19. The first-order valence-corrected chi connectivity index (χ1v) is 5.27. The van der Waals surface area contributed by atoms with E-state index in [9.17, 15) is 13.2 Å². The van der Waals surface area contributed by atoms with Gasteiger partial charge >= 0.3 is 6.18 Å². The van der Waals surface area contributed by atoms with Gasteiger partial charge in [-0.1, -0.05) is 6.07 Å². The quantitative estimate of drug-likeness (QED) is 0.767. The van der Waals surface area contributed by atoms with E-state index in [4.69, 9.17) is 4.74 Å². The zero-order chi connectivity index (χ0) is 11.8. The number of rotatable bonds is 3. The van der Waals surface area contributed by atoms with Crippen LogP contribution < -0.4 is 4.74 Å². The minimum atomic E-state index is -4.30. The van der Waals surface area contributed by atoms with E-state index in [1.54, 1.807) is 6.92 Å². The van der Waals surface area contributed by atoms with Crippen molar-refractivity contribution in [2.24, 2.45) is 5.92 Å². The summed E-state index contributed by atoms with van der Waals surface area (Å²) in [6.45, 7) is 2.28. The highest BCUT2D eigenvalue weighted by Crippen LogP contribution is 2.34. The first-order valence-electron chi connectivity index (χ1n) is 5.27. The third-order valence-corrected chi connectivity index (χ3v) is 2.69. The molecule has 1 aliphatic rings. The molecule has 0 saturated heterocycles. The molecule has 1 saturated carbocycles. The molecule has 0 bridgehead atoms. The summed E-state index contributed by atoms with van der Waals surface area (Å²) in [4.78, 5) is 0. The van der Waals surface area contributed by atoms with Crippen molar-refractivity contribution in [2.45, 2.75) is 25.9 Å². The van der Waals surface area contributed by atoms with E-state index in [1.807, 2.05) is 0 Å². The number of hydrogen-bond acceptors (Lipinski definition) is 1. The number of aryl methyl sites for hydroxylation is 1. The van der Waals surface area contributed by atoms with Gasteiger partial charge in [-0.25, -0.2) is 0 Å². The Morgan fingerprint density at radius 2 is 2.00 bits per heavy atom.